The Labute approximate surface area is 144 Å². The molecule has 23 heavy (non-hydrogen) atoms. The van der Waals surface area contributed by atoms with Crippen LogP contribution in [-0.4, -0.2) is 61.7 Å². The summed E-state index contributed by atoms with van der Waals surface area (Å²) < 4.78 is 0. The maximum absolute atomic E-state index is 3.68. The minimum atomic E-state index is 0.748. The van der Waals surface area contributed by atoms with Crippen LogP contribution in [0.15, 0.2) is 0 Å². The Morgan fingerprint density at radius 3 is 2.04 bits per heavy atom. The van der Waals surface area contributed by atoms with Gasteiger partial charge in [0.05, 0.1) is 0 Å². The van der Waals surface area contributed by atoms with Crippen molar-refractivity contribution in [2.75, 3.05) is 33.7 Å². The van der Waals surface area contributed by atoms with Gasteiger partial charge < -0.3 is 10.2 Å². The monoisotopic (exact) mass is 321 g/mol. The Morgan fingerprint density at radius 2 is 1.39 bits per heavy atom. The summed E-state index contributed by atoms with van der Waals surface area (Å²) in [6, 6.07) is 2.45. The van der Waals surface area contributed by atoms with E-state index in [9.17, 15) is 0 Å². The summed E-state index contributed by atoms with van der Waals surface area (Å²) in [5.41, 5.74) is 0. The molecule has 2 unspecified atom stereocenters. The van der Waals surface area contributed by atoms with Crippen LogP contribution in [-0.2, 0) is 0 Å². The van der Waals surface area contributed by atoms with Crippen LogP contribution in [0.3, 0.4) is 0 Å². The smallest absolute Gasteiger partial charge is 0.0261 e. The number of nitrogens with zero attached hydrogens (tertiary/aromatic N) is 2. The second-order valence-corrected chi connectivity index (χ2v) is 8.51. The van der Waals surface area contributed by atoms with Gasteiger partial charge in [0.15, 0.2) is 0 Å². The van der Waals surface area contributed by atoms with Crippen molar-refractivity contribution >= 4 is 0 Å². The molecule has 2 aliphatic carbocycles. The lowest BCUT2D eigenvalue weighted by molar-refractivity contribution is 0.0534. The van der Waals surface area contributed by atoms with E-state index in [0.29, 0.717) is 0 Å². The van der Waals surface area contributed by atoms with Gasteiger partial charge in [-0.25, -0.2) is 0 Å². The third kappa shape index (κ3) is 4.70. The Morgan fingerprint density at radius 1 is 0.783 bits per heavy atom. The lowest BCUT2D eigenvalue weighted by Crippen LogP contribution is -2.56. The molecule has 1 heterocycles. The van der Waals surface area contributed by atoms with E-state index in [1.54, 1.807) is 0 Å². The first-order chi connectivity index (χ1) is 11.3. The highest BCUT2D eigenvalue weighted by Crippen LogP contribution is 2.29. The van der Waals surface area contributed by atoms with Crippen LogP contribution in [0.5, 0.6) is 0 Å². The number of hydrogen-bond donors (Lipinski definition) is 1. The maximum Gasteiger partial charge on any atom is 0.0261 e. The van der Waals surface area contributed by atoms with E-state index in [4.69, 9.17) is 0 Å². The van der Waals surface area contributed by atoms with Gasteiger partial charge in [0.1, 0.15) is 0 Å². The second-order valence-electron chi connectivity index (χ2n) is 8.51. The van der Waals surface area contributed by atoms with E-state index in [1.807, 2.05) is 0 Å². The molecule has 3 aliphatic rings. The zero-order chi connectivity index (χ0) is 16.1. The Hall–Kier alpha value is -0.120. The average molecular weight is 322 g/mol. The Kier molecular flexibility index (Phi) is 6.79. The maximum atomic E-state index is 3.68. The van der Waals surface area contributed by atoms with Crippen molar-refractivity contribution in [1.29, 1.82) is 0 Å². The molecule has 0 radical (unpaired) electrons. The third-order valence-corrected chi connectivity index (χ3v) is 6.98. The average Bonchev–Trinajstić information content (AvgIpc) is 2.63. The van der Waals surface area contributed by atoms with Crippen LogP contribution in [0.25, 0.3) is 0 Å². The summed E-state index contributed by atoms with van der Waals surface area (Å²) in [5, 5.41) is 3.68. The summed E-state index contributed by atoms with van der Waals surface area (Å²) in [4.78, 5) is 5.49. The van der Waals surface area contributed by atoms with Crippen molar-refractivity contribution in [2.45, 2.75) is 88.8 Å². The lowest BCUT2D eigenvalue weighted by atomic mass is 9.86. The van der Waals surface area contributed by atoms with Gasteiger partial charge in [0.2, 0.25) is 0 Å². The largest absolute Gasteiger partial charge is 0.315 e. The van der Waals surface area contributed by atoms with Gasteiger partial charge in [-0.05, 0) is 58.7 Å². The first-order valence-electron chi connectivity index (χ1n) is 10.4. The SMILES string of the molecule is CN(CC1CCNCC1N(C)C1CCCCC1)C1CCCCC1. The van der Waals surface area contributed by atoms with Gasteiger partial charge in [-0.2, -0.15) is 0 Å². The number of hydrogen-bond acceptors (Lipinski definition) is 3. The molecule has 2 saturated carbocycles. The molecule has 0 amide bonds. The molecule has 1 aliphatic heterocycles. The molecular formula is C20H39N3. The summed E-state index contributed by atoms with van der Waals surface area (Å²) in [6.07, 6.45) is 15.8. The predicted octanol–water partition coefficient (Wildman–Crippen LogP) is 3.49. The molecule has 0 aromatic heterocycles. The number of rotatable bonds is 5. The van der Waals surface area contributed by atoms with Crippen LogP contribution < -0.4 is 5.32 Å². The van der Waals surface area contributed by atoms with Gasteiger partial charge >= 0.3 is 0 Å². The van der Waals surface area contributed by atoms with E-state index >= 15 is 0 Å². The minimum absolute atomic E-state index is 0.748. The molecule has 0 aromatic carbocycles. The third-order valence-electron chi connectivity index (χ3n) is 6.98. The minimum Gasteiger partial charge on any atom is -0.315 e. The van der Waals surface area contributed by atoms with Crippen LogP contribution in [0.2, 0.25) is 0 Å². The first-order valence-corrected chi connectivity index (χ1v) is 10.4. The highest BCUT2D eigenvalue weighted by Gasteiger charge is 2.33. The van der Waals surface area contributed by atoms with Gasteiger partial charge in [-0.3, -0.25) is 4.90 Å². The van der Waals surface area contributed by atoms with E-state index in [-0.39, 0.29) is 0 Å². The Bertz CT molecular complexity index is 334. The second kappa shape index (κ2) is 8.82. The molecule has 0 spiro atoms. The number of nitrogens with one attached hydrogen (secondary N) is 1. The van der Waals surface area contributed by atoms with Crippen molar-refractivity contribution in [3.63, 3.8) is 0 Å². The fraction of sp³-hybridized carbons (Fsp3) is 1.00. The fourth-order valence-electron chi connectivity index (χ4n) is 5.39. The standard InChI is InChI=1S/C20H39N3/c1-22(18-9-5-3-6-10-18)16-17-13-14-21-15-20(17)23(2)19-11-7-4-8-12-19/h17-21H,3-16H2,1-2H3. The summed E-state index contributed by atoms with van der Waals surface area (Å²) in [7, 11) is 4.82. The van der Waals surface area contributed by atoms with Gasteiger partial charge in [0.25, 0.3) is 0 Å². The molecule has 3 fully saturated rings. The van der Waals surface area contributed by atoms with Crippen LogP contribution >= 0.6 is 0 Å². The van der Waals surface area contributed by atoms with Crippen molar-refractivity contribution in [3.05, 3.63) is 0 Å². The van der Waals surface area contributed by atoms with E-state index in [1.165, 1.54) is 90.3 Å². The highest BCUT2D eigenvalue weighted by atomic mass is 15.2. The van der Waals surface area contributed by atoms with Crippen molar-refractivity contribution in [2.24, 2.45) is 5.92 Å². The number of piperidine rings is 1. The molecule has 1 saturated heterocycles. The zero-order valence-corrected chi connectivity index (χ0v) is 15.6. The molecule has 1 N–H and O–H groups in total. The normalized spacial score (nSPS) is 31.8. The Balaban J connectivity index is 1.56. The quantitative estimate of drug-likeness (QED) is 0.836. The van der Waals surface area contributed by atoms with Crippen LogP contribution in [0.1, 0.15) is 70.6 Å². The zero-order valence-electron chi connectivity index (χ0n) is 15.6. The highest BCUT2D eigenvalue weighted by molar-refractivity contribution is 4.90. The van der Waals surface area contributed by atoms with E-state index in [0.717, 1.165) is 24.0 Å². The fourth-order valence-corrected chi connectivity index (χ4v) is 5.39. The number of likely N-dealkylation sites (N-methyl/N-ethyl adjacent to an activating group) is 1. The first kappa shape index (κ1) is 17.7. The summed E-state index contributed by atoms with van der Waals surface area (Å²) in [5.74, 6) is 0.857. The van der Waals surface area contributed by atoms with Crippen LogP contribution in [0, 0.1) is 5.92 Å². The van der Waals surface area contributed by atoms with E-state index in [2.05, 4.69) is 29.2 Å². The van der Waals surface area contributed by atoms with Crippen molar-refractivity contribution in [1.82, 2.24) is 15.1 Å². The van der Waals surface area contributed by atoms with Gasteiger partial charge in [-0.1, -0.05) is 38.5 Å². The van der Waals surface area contributed by atoms with Gasteiger partial charge in [0, 0.05) is 31.2 Å². The molecule has 134 valence electrons. The van der Waals surface area contributed by atoms with Crippen molar-refractivity contribution in [3.8, 4) is 0 Å². The molecule has 0 aromatic rings. The van der Waals surface area contributed by atoms with Gasteiger partial charge in [-0.15, -0.1) is 0 Å². The topological polar surface area (TPSA) is 18.5 Å². The van der Waals surface area contributed by atoms with E-state index < -0.39 is 0 Å². The molecule has 3 rings (SSSR count). The van der Waals surface area contributed by atoms with Crippen molar-refractivity contribution < 1.29 is 0 Å². The summed E-state index contributed by atoms with van der Waals surface area (Å²) >= 11 is 0. The lowest BCUT2D eigenvalue weighted by Gasteiger charge is -2.45. The molecular weight excluding hydrogens is 282 g/mol. The molecule has 3 nitrogen and oxygen atoms in total. The molecule has 0 bridgehead atoms. The van der Waals surface area contributed by atoms with Crippen LogP contribution in [0.4, 0.5) is 0 Å². The summed E-state index contributed by atoms with van der Waals surface area (Å²) in [6.45, 7) is 3.74. The molecule has 3 heteroatoms. The molecule has 2 atom stereocenters. The predicted molar refractivity (Wildman–Crippen MR) is 98.9 cm³/mol.